The summed E-state index contributed by atoms with van der Waals surface area (Å²) in [5, 5.41) is 4.77. The Balaban J connectivity index is 1.78. The molecule has 162 valence electrons. The van der Waals surface area contributed by atoms with Crippen molar-refractivity contribution >= 4 is 23.0 Å². The van der Waals surface area contributed by atoms with Gasteiger partial charge in [-0.05, 0) is 52.4 Å². The maximum absolute atomic E-state index is 13.4. The highest BCUT2D eigenvalue weighted by molar-refractivity contribution is 7.12. The molecule has 0 saturated carbocycles. The average Bonchev–Trinajstić information content (AvgIpc) is 3.46. The molecule has 0 saturated heterocycles. The number of hydrogen-bond acceptors (Lipinski definition) is 7. The lowest BCUT2D eigenvalue weighted by atomic mass is 9.95. The first kappa shape index (κ1) is 21.6. The summed E-state index contributed by atoms with van der Waals surface area (Å²) in [5.74, 6) is -0.240. The van der Waals surface area contributed by atoms with Gasteiger partial charge >= 0.3 is 0 Å². The molecule has 32 heavy (non-hydrogen) atoms. The summed E-state index contributed by atoms with van der Waals surface area (Å²) < 4.78 is 5.66. The van der Waals surface area contributed by atoms with Crippen molar-refractivity contribution in [2.45, 2.75) is 25.9 Å². The minimum atomic E-state index is -0.745. The van der Waals surface area contributed by atoms with Crippen molar-refractivity contribution in [3.8, 4) is 5.75 Å². The number of hydrogen-bond donors (Lipinski definition) is 0. The summed E-state index contributed by atoms with van der Waals surface area (Å²) in [6.07, 6.45) is 4.18. The van der Waals surface area contributed by atoms with Gasteiger partial charge in [0, 0.05) is 18.9 Å². The molecule has 0 radical (unpaired) electrons. The van der Waals surface area contributed by atoms with E-state index in [2.05, 4.69) is 10.2 Å². The number of carbonyl (C=O) groups is 2. The van der Waals surface area contributed by atoms with Gasteiger partial charge in [0.2, 0.25) is 5.78 Å². The summed E-state index contributed by atoms with van der Waals surface area (Å²) in [5.41, 5.74) is 1.23. The number of amides is 1. The van der Waals surface area contributed by atoms with E-state index < -0.39 is 11.9 Å². The topological polar surface area (TPSA) is 88.9 Å². The molecule has 1 amide bonds. The van der Waals surface area contributed by atoms with Gasteiger partial charge < -0.3 is 9.64 Å². The molecule has 1 atom stereocenters. The Morgan fingerprint density at radius 3 is 2.62 bits per heavy atom. The van der Waals surface area contributed by atoms with E-state index in [0.29, 0.717) is 22.8 Å². The van der Waals surface area contributed by atoms with Gasteiger partial charge in [-0.1, -0.05) is 31.2 Å². The zero-order chi connectivity index (χ0) is 22.5. The number of carbonyl (C=O) groups excluding carboxylic acids is 2. The number of Topliss-reactive ketones (excluding diaryl/α,β-unsaturated/α-hetero) is 1. The Morgan fingerprint density at radius 1 is 1.19 bits per heavy atom. The minimum absolute atomic E-state index is 0.0959. The molecule has 3 heterocycles. The Kier molecular flexibility index (Phi) is 6.51. The SMILES string of the molecule is CCCOc1ccc(C2C(C(=O)c3cccs3)=C(N=O)C(=O)N2Cc2cccnc2)cc1. The fourth-order valence-corrected chi connectivity index (χ4v) is 4.36. The maximum atomic E-state index is 13.4. The van der Waals surface area contributed by atoms with E-state index in [1.54, 1.807) is 48.1 Å². The average molecular weight is 448 g/mol. The number of nitrogens with zero attached hydrogens (tertiary/aromatic N) is 3. The van der Waals surface area contributed by atoms with Crippen molar-refractivity contribution in [2.24, 2.45) is 5.18 Å². The van der Waals surface area contributed by atoms with Crippen LogP contribution in [0.3, 0.4) is 0 Å². The highest BCUT2D eigenvalue weighted by atomic mass is 32.1. The van der Waals surface area contributed by atoms with Gasteiger partial charge in [-0.25, -0.2) is 0 Å². The summed E-state index contributed by atoms with van der Waals surface area (Å²) in [7, 11) is 0. The predicted molar refractivity (Wildman–Crippen MR) is 121 cm³/mol. The van der Waals surface area contributed by atoms with Gasteiger partial charge in [-0.3, -0.25) is 14.6 Å². The minimum Gasteiger partial charge on any atom is -0.494 e. The first-order chi connectivity index (χ1) is 15.6. The van der Waals surface area contributed by atoms with Crippen LogP contribution in [0.15, 0.2) is 82.8 Å². The normalized spacial score (nSPS) is 15.8. The maximum Gasteiger partial charge on any atom is 0.277 e. The van der Waals surface area contributed by atoms with Crippen molar-refractivity contribution in [1.82, 2.24) is 9.88 Å². The van der Waals surface area contributed by atoms with Crippen molar-refractivity contribution < 1.29 is 14.3 Å². The van der Waals surface area contributed by atoms with E-state index in [1.165, 1.54) is 16.2 Å². The molecule has 8 heteroatoms. The van der Waals surface area contributed by atoms with Crippen LogP contribution >= 0.6 is 11.3 Å². The van der Waals surface area contributed by atoms with Crippen LogP contribution in [0.2, 0.25) is 0 Å². The Hall–Kier alpha value is -3.65. The van der Waals surface area contributed by atoms with Crippen molar-refractivity contribution in [3.05, 3.63) is 98.5 Å². The molecule has 0 spiro atoms. The second-order valence-electron chi connectivity index (χ2n) is 7.27. The molecule has 7 nitrogen and oxygen atoms in total. The highest BCUT2D eigenvalue weighted by Gasteiger charge is 2.44. The number of rotatable bonds is 9. The third-order valence-electron chi connectivity index (χ3n) is 5.13. The van der Waals surface area contributed by atoms with Crippen LogP contribution in [-0.2, 0) is 11.3 Å². The molecular formula is C24H21N3O4S. The molecule has 0 fully saturated rings. The van der Waals surface area contributed by atoms with Crippen molar-refractivity contribution in [3.63, 3.8) is 0 Å². The van der Waals surface area contributed by atoms with Crippen LogP contribution < -0.4 is 4.74 Å². The number of ether oxygens (including phenoxy) is 1. The fraction of sp³-hybridized carbons (Fsp3) is 0.208. The van der Waals surface area contributed by atoms with Crippen LogP contribution in [0.5, 0.6) is 5.75 Å². The first-order valence-electron chi connectivity index (χ1n) is 10.2. The Morgan fingerprint density at radius 2 is 2.00 bits per heavy atom. The van der Waals surface area contributed by atoms with Crippen LogP contribution in [-0.4, -0.2) is 28.2 Å². The molecule has 1 aliphatic rings. The van der Waals surface area contributed by atoms with Gasteiger partial charge in [-0.2, -0.15) is 0 Å². The van der Waals surface area contributed by atoms with Gasteiger partial charge in [0.15, 0.2) is 5.70 Å². The van der Waals surface area contributed by atoms with Crippen LogP contribution in [0.25, 0.3) is 0 Å². The monoisotopic (exact) mass is 447 g/mol. The predicted octanol–water partition coefficient (Wildman–Crippen LogP) is 4.92. The lowest BCUT2D eigenvalue weighted by molar-refractivity contribution is -0.127. The standard InChI is InChI=1S/C24H21N3O4S/c1-2-12-31-18-9-7-17(8-10-18)22-20(23(28)19-6-4-13-32-19)21(26-30)24(29)27(22)15-16-5-3-11-25-14-16/h3-11,13-14,22H,2,12,15H2,1H3. The smallest absolute Gasteiger partial charge is 0.277 e. The second kappa shape index (κ2) is 9.65. The lowest BCUT2D eigenvalue weighted by Crippen LogP contribution is -2.30. The largest absolute Gasteiger partial charge is 0.494 e. The molecule has 1 unspecified atom stereocenters. The zero-order valence-electron chi connectivity index (χ0n) is 17.4. The molecule has 2 aromatic heterocycles. The number of benzene rings is 1. The Labute approximate surface area is 189 Å². The van der Waals surface area contributed by atoms with E-state index in [1.807, 2.05) is 25.1 Å². The number of nitroso groups, excluding NO2 is 1. The summed E-state index contributed by atoms with van der Waals surface area (Å²) >= 11 is 1.26. The molecule has 0 aliphatic carbocycles. The number of ketones is 1. The van der Waals surface area contributed by atoms with E-state index in [4.69, 9.17) is 4.74 Å². The van der Waals surface area contributed by atoms with Gasteiger partial charge in [0.25, 0.3) is 5.91 Å². The summed E-state index contributed by atoms with van der Waals surface area (Å²) in [4.78, 5) is 44.3. The van der Waals surface area contributed by atoms with Crippen molar-refractivity contribution in [1.29, 1.82) is 0 Å². The van der Waals surface area contributed by atoms with Gasteiger partial charge in [-0.15, -0.1) is 16.2 Å². The first-order valence-corrected chi connectivity index (χ1v) is 11.1. The Bertz CT molecular complexity index is 1140. The van der Waals surface area contributed by atoms with Crippen LogP contribution in [0.4, 0.5) is 0 Å². The molecule has 0 bridgehead atoms. The molecular weight excluding hydrogens is 426 g/mol. The number of thiophene rings is 1. The molecule has 4 rings (SSSR count). The molecule has 1 aliphatic heterocycles. The fourth-order valence-electron chi connectivity index (χ4n) is 3.68. The van der Waals surface area contributed by atoms with E-state index in [9.17, 15) is 14.5 Å². The van der Waals surface area contributed by atoms with E-state index in [0.717, 1.165) is 12.0 Å². The van der Waals surface area contributed by atoms with E-state index >= 15 is 0 Å². The quantitative estimate of drug-likeness (QED) is 0.343. The van der Waals surface area contributed by atoms with Gasteiger partial charge in [0.1, 0.15) is 5.75 Å². The van der Waals surface area contributed by atoms with E-state index in [-0.39, 0.29) is 23.6 Å². The van der Waals surface area contributed by atoms with Crippen molar-refractivity contribution in [2.75, 3.05) is 6.61 Å². The summed E-state index contributed by atoms with van der Waals surface area (Å²) in [6, 6.07) is 13.5. The number of pyridine rings is 1. The zero-order valence-corrected chi connectivity index (χ0v) is 18.2. The summed E-state index contributed by atoms with van der Waals surface area (Å²) in [6.45, 7) is 2.80. The third kappa shape index (κ3) is 4.22. The van der Waals surface area contributed by atoms with Crippen LogP contribution in [0.1, 0.15) is 40.2 Å². The lowest BCUT2D eigenvalue weighted by Gasteiger charge is -2.27. The van der Waals surface area contributed by atoms with Crippen LogP contribution in [0, 0.1) is 4.91 Å². The van der Waals surface area contributed by atoms with Gasteiger partial charge in [0.05, 0.1) is 23.1 Å². The molecule has 3 aromatic rings. The molecule has 1 aromatic carbocycles. The third-order valence-corrected chi connectivity index (χ3v) is 6.00. The highest BCUT2D eigenvalue weighted by Crippen LogP contribution is 2.41. The second-order valence-corrected chi connectivity index (χ2v) is 8.22. The molecule has 0 N–H and O–H groups in total. The number of aromatic nitrogens is 1.